The summed E-state index contributed by atoms with van der Waals surface area (Å²) in [4.78, 5) is 43.7. The fourth-order valence-electron chi connectivity index (χ4n) is 3.08. The molecule has 0 spiro atoms. The minimum atomic E-state index is -0.589. The Morgan fingerprint density at radius 1 is 1.16 bits per heavy atom. The lowest BCUT2D eigenvalue weighted by Gasteiger charge is -2.21. The number of nitrogens with zero attached hydrogens (tertiary/aromatic N) is 4. The molecule has 1 saturated heterocycles. The van der Waals surface area contributed by atoms with Gasteiger partial charge in [-0.15, -0.1) is 0 Å². The molecule has 3 heterocycles. The smallest absolute Gasteiger partial charge is 0.274 e. The predicted octanol–water partition coefficient (Wildman–Crippen LogP) is 0.0485. The first-order valence-electron chi connectivity index (χ1n) is 8.15. The molecule has 2 aromatic heterocycles. The maximum Gasteiger partial charge on any atom is 0.274 e. The zero-order valence-corrected chi connectivity index (χ0v) is 14.3. The molecule has 0 aliphatic carbocycles. The first kappa shape index (κ1) is 16.9. The normalized spacial score (nSPS) is 18.2. The van der Waals surface area contributed by atoms with E-state index in [2.05, 4.69) is 4.98 Å². The molecule has 3 rings (SSSR count). The second-order valence-corrected chi connectivity index (χ2v) is 6.34. The summed E-state index contributed by atoms with van der Waals surface area (Å²) >= 11 is 0. The van der Waals surface area contributed by atoms with Gasteiger partial charge in [0.15, 0.2) is 0 Å². The molecule has 0 radical (unpaired) electrons. The zero-order valence-electron chi connectivity index (χ0n) is 14.3. The molecule has 0 saturated carbocycles. The number of hydrogen-bond acceptors (Lipinski definition) is 4. The lowest BCUT2D eigenvalue weighted by atomic mass is 10.1. The van der Waals surface area contributed by atoms with Crippen molar-refractivity contribution >= 4 is 23.4 Å². The summed E-state index contributed by atoms with van der Waals surface area (Å²) in [5.41, 5.74) is 7.42. The summed E-state index contributed by atoms with van der Waals surface area (Å²) in [6.45, 7) is 4.51. The Labute approximate surface area is 145 Å². The zero-order chi connectivity index (χ0) is 18.1. The minimum absolute atomic E-state index is 0.135. The second-order valence-electron chi connectivity index (χ2n) is 6.34. The fraction of sp³-hybridized carbons (Fsp3) is 0.412. The van der Waals surface area contributed by atoms with Gasteiger partial charge in [0.2, 0.25) is 11.8 Å². The summed E-state index contributed by atoms with van der Waals surface area (Å²) in [6.07, 6.45) is 1.69. The quantitative estimate of drug-likeness (QED) is 0.832. The number of fused-ring (bicyclic) bond motifs is 1. The lowest BCUT2D eigenvalue weighted by molar-refractivity contribution is -0.130. The van der Waals surface area contributed by atoms with Gasteiger partial charge in [0.05, 0.1) is 5.92 Å². The lowest BCUT2D eigenvalue weighted by Crippen LogP contribution is -2.41. The van der Waals surface area contributed by atoms with Gasteiger partial charge in [-0.3, -0.25) is 14.4 Å². The van der Waals surface area contributed by atoms with E-state index < -0.39 is 11.8 Å². The average molecular weight is 343 g/mol. The number of hydrogen-bond donors (Lipinski definition) is 1. The molecule has 1 aliphatic rings. The van der Waals surface area contributed by atoms with Crippen LogP contribution in [0.3, 0.4) is 0 Å². The molecule has 1 atom stereocenters. The largest absolute Gasteiger partial charge is 0.369 e. The van der Waals surface area contributed by atoms with E-state index in [1.807, 2.05) is 29.5 Å². The van der Waals surface area contributed by atoms with E-state index in [0.29, 0.717) is 24.4 Å². The van der Waals surface area contributed by atoms with Gasteiger partial charge in [0, 0.05) is 45.0 Å². The van der Waals surface area contributed by atoms with Crippen molar-refractivity contribution in [3.05, 3.63) is 35.8 Å². The van der Waals surface area contributed by atoms with Crippen molar-refractivity contribution in [2.75, 3.05) is 26.2 Å². The van der Waals surface area contributed by atoms with Gasteiger partial charge < -0.3 is 19.9 Å². The van der Waals surface area contributed by atoms with E-state index in [1.54, 1.807) is 16.0 Å². The molecule has 3 amide bonds. The van der Waals surface area contributed by atoms with Crippen LogP contribution < -0.4 is 5.73 Å². The summed E-state index contributed by atoms with van der Waals surface area (Å²) in [5.74, 6) is -1.51. The molecule has 0 unspecified atom stereocenters. The maximum atomic E-state index is 12.9. The Hall–Kier alpha value is -2.90. The number of amides is 3. The Morgan fingerprint density at radius 2 is 1.84 bits per heavy atom. The molecule has 25 heavy (non-hydrogen) atoms. The number of aryl methyl sites for hydroxylation is 1. The van der Waals surface area contributed by atoms with Gasteiger partial charge in [-0.2, -0.15) is 0 Å². The first-order valence-corrected chi connectivity index (χ1v) is 8.15. The predicted molar refractivity (Wildman–Crippen MR) is 90.8 cm³/mol. The third-order valence-corrected chi connectivity index (χ3v) is 4.57. The Balaban J connectivity index is 1.87. The molecule has 0 bridgehead atoms. The van der Waals surface area contributed by atoms with Gasteiger partial charge in [-0.05, 0) is 19.1 Å². The Bertz CT molecular complexity index is 844. The van der Waals surface area contributed by atoms with E-state index in [9.17, 15) is 14.4 Å². The first-order chi connectivity index (χ1) is 11.9. The maximum absolute atomic E-state index is 12.9. The van der Waals surface area contributed by atoms with Crippen molar-refractivity contribution in [1.82, 2.24) is 19.2 Å². The molecule has 1 aliphatic heterocycles. The highest BCUT2D eigenvalue weighted by molar-refractivity contribution is 5.93. The van der Waals surface area contributed by atoms with Crippen molar-refractivity contribution in [1.29, 1.82) is 0 Å². The van der Waals surface area contributed by atoms with Crippen LogP contribution in [-0.4, -0.2) is 63.1 Å². The van der Waals surface area contributed by atoms with Crippen LogP contribution in [0.15, 0.2) is 24.4 Å². The van der Waals surface area contributed by atoms with Crippen LogP contribution in [0.2, 0.25) is 0 Å². The van der Waals surface area contributed by atoms with Crippen molar-refractivity contribution in [3.8, 4) is 0 Å². The Morgan fingerprint density at radius 3 is 2.48 bits per heavy atom. The van der Waals surface area contributed by atoms with Crippen LogP contribution in [0.4, 0.5) is 0 Å². The monoisotopic (exact) mass is 343 g/mol. The van der Waals surface area contributed by atoms with Crippen LogP contribution in [0.1, 0.15) is 23.1 Å². The minimum Gasteiger partial charge on any atom is -0.369 e. The molecular formula is C17H21N5O3. The molecule has 2 N–H and O–H groups in total. The molecule has 1 fully saturated rings. The van der Waals surface area contributed by atoms with E-state index in [1.165, 1.54) is 6.92 Å². The fourth-order valence-corrected chi connectivity index (χ4v) is 3.08. The topological polar surface area (TPSA) is 101 Å². The average Bonchev–Trinajstić information content (AvgIpc) is 2.86. The summed E-state index contributed by atoms with van der Waals surface area (Å²) in [5, 5.41) is 0. The van der Waals surface area contributed by atoms with E-state index in [-0.39, 0.29) is 24.9 Å². The highest BCUT2D eigenvalue weighted by atomic mass is 16.2. The van der Waals surface area contributed by atoms with E-state index in [0.717, 1.165) is 5.69 Å². The van der Waals surface area contributed by atoms with E-state index in [4.69, 9.17) is 5.73 Å². The van der Waals surface area contributed by atoms with Gasteiger partial charge >= 0.3 is 0 Å². The van der Waals surface area contributed by atoms with Crippen molar-refractivity contribution in [2.24, 2.45) is 11.7 Å². The van der Waals surface area contributed by atoms with Gasteiger partial charge in [-0.25, -0.2) is 4.98 Å². The second kappa shape index (κ2) is 6.54. The third-order valence-electron chi connectivity index (χ3n) is 4.57. The number of imidazole rings is 1. The highest BCUT2D eigenvalue weighted by Crippen LogP contribution is 2.15. The van der Waals surface area contributed by atoms with Crippen LogP contribution >= 0.6 is 0 Å². The van der Waals surface area contributed by atoms with Crippen molar-refractivity contribution in [3.63, 3.8) is 0 Å². The van der Waals surface area contributed by atoms with Crippen LogP contribution in [0, 0.1) is 12.8 Å². The van der Waals surface area contributed by atoms with Crippen molar-refractivity contribution < 1.29 is 14.4 Å². The van der Waals surface area contributed by atoms with Gasteiger partial charge in [0.25, 0.3) is 5.91 Å². The number of primary amides is 1. The van der Waals surface area contributed by atoms with Crippen LogP contribution in [0.5, 0.6) is 0 Å². The molecule has 132 valence electrons. The van der Waals surface area contributed by atoms with Crippen molar-refractivity contribution in [2.45, 2.75) is 13.8 Å². The number of aromatic nitrogens is 2. The number of carbonyl (C=O) groups is 3. The van der Waals surface area contributed by atoms with Crippen LogP contribution in [-0.2, 0) is 9.59 Å². The number of pyridine rings is 1. The summed E-state index contributed by atoms with van der Waals surface area (Å²) in [6, 6.07) is 5.64. The number of nitrogens with two attached hydrogens (primary N) is 1. The van der Waals surface area contributed by atoms with E-state index >= 15 is 0 Å². The Kier molecular flexibility index (Phi) is 4.43. The van der Waals surface area contributed by atoms with Gasteiger partial charge in [-0.1, -0.05) is 6.07 Å². The highest BCUT2D eigenvalue weighted by Gasteiger charge is 2.31. The molecule has 8 heteroatoms. The molecule has 8 nitrogen and oxygen atoms in total. The van der Waals surface area contributed by atoms with Gasteiger partial charge in [0.1, 0.15) is 11.3 Å². The summed E-state index contributed by atoms with van der Waals surface area (Å²) < 4.78 is 1.85. The van der Waals surface area contributed by atoms with Crippen LogP contribution in [0.25, 0.3) is 5.65 Å². The molecule has 2 aromatic rings. The number of rotatable bonds is 2. The molecule has 0 aromatic carbocycles. The SMILES string of the molecule is CC(=O)N1CCN(C(=O)c2cn3c(C)cccc3n2)C[C@@H](C(N)=O)C1. The standard InChI is InChI=1S/C17H21N5O3/c1-11-4-3-5-15-19-14(10-22(11)15)17(25)21-7-6-20(12(2)23)8-13(9-21)16(18)24/h3-5,10,13H,6-9H2,1-2H3,(H2,18,24)/t13-/m0/s1. The molecular weight excluding hydrogens is 322 g/mol. The number of carbonyl (C=O) groups excluding carboxylic acids is 3. The summed E-state index contributed by atoms with van der Waals surface area (Å²) in [7, 11) is 0. The third kappa shape index (κ3) is 3.33.